The van der Waals surface area contributed by atoms with E-state index in [1.165, 1.54) is 48.4 Å². The summed E-state index contributed by atoms with van der Waals surface area (Å²) < 4.78 is 38.3. The summed E-state index contributed by atoms with van der Waals surface area (Å²) in [4.78, 5) is 29.4. The smallest absolute Gasteiger partial charge is 0.264 e. The summed E-state index contributed by atoms with van der Waals surface area (Å²) in [5.74, 6) is 1.21. The Morgan fingerprint density at radius 3 is 2.05 bits per heavy atom. The number of H-pyrrole nitrogens is 1. The number of anilines is 2. The van der Waals surface area contributed by atoms with Crippen LogP contribution in [0.1, 0.15) is 13.3 Å². The highest BCUT2D eigenvalue weighted by Gasteiger charge is 2.23. The number of carbonyl (C=O) groups is 1. The Balaban J connectivity index is 1.33. The van der Waals surface area contributed by atoms with Crippen molar-refractivity contribution in [3.63, 3.8) is 0 Å². The van der Waals surface area contributed by atoms with E-state index < -0.39 is 15.3 Å². The fraction of sp³-hybridized carbons (Fsp3) is 0.161. The molecule has 3 N–H and O–H groups in total. The zero-order chi connectivity index (χ0) is 31.1. The number of ether oxygens (including phenoxy) is 2. The minimum Gasteiger partial charge on any atom is -0.497 e. The Morgan fingerprint density at radius 2 is 1.48 bits per heavy atom. The Morgan fingerprint density at radius 1 is 0.886 bits per heavy atom. The Kier molecular flexibility index (Phi) is 9.46. The average Bonchev–Trinajstić information content (AvgIpc) is 3.48. The molecule has 226 valence electrons. The maximum absolute atomic E-state index is 13.3. The van der Waals surface area contributed by atoms with Crippen LogP contribution in [0.25, 0.3) is 22.5 Å². The van der Waals surface area contributed by atoms with Gasteiger partial charge >= 0.3 is 0 Å². The maximum Gasteiger partial charge on any atom is 0.264 e. The maximum atomic E-state index is 13.3. The number of hydrogen-bond acceptors (Lipinski definition) is 9. The molecule has 0 radical (unpaired) electrons. The first-order valence-corrected chi connectivity index (χ1v) is 15.9. The normalized spacial score (nSPS) is 11.9. The number of hydrogen-bond donors (Lipinski definition) is 3. The van der Waals surface area contributed by atoms with Crippen LogP contribution in [-0.2, 0) is 14.8 Å². The Labute approximate surface area is 259 Å². The molecule has 11 nitrogen and oxygen atoms in total. The van der Waals surface area contributed by atoms with Crippen molar-refractivity contribution < 1.29 is 22.7 Å². The number of methoxy groups -OCH3 is 2. The molecule has 2 heterocycles. The van der Waals surface area contributed by atoms with Crippen LogP contribution in [0.3, 0.4) is 0 Å². The van der Waals surface area contributed by atoms with Crippen LogP contribution in [0, 0.1) is 0 Å². The molecule has 0 saturated carbocycles. The molecule has 1 amide bonds. The van der Waals surface area contributed by atoms with Crippen molar-refractivity contribution in [3.8, 4) is 34.0 Å². The number of nitrogens with one attached hydrogen (secondary N) is 3. The van der Waals surface area contributed by atoms with Gasteiger partial charge in [0.25, 0.3) is 10.0 Å². The van der Waals surface area contributed by atoms with Crippen LogP contribution in [0.5, 0.6) is 11.5 Å². The zero-order valence-corrected chi connectivity index (χ0v) is 25.8. The number of sulfonamides is 1. The fourth-order valence-electron chi connectivity index (χ4n) is 4.26. The quantitative estimate of drug-likeness (QED) is 0.144. The highest BCUT2D eigenvalue weighted by Crippen LogP contribution is 2.36. The zero-order valence-electron chi connectivity index (χ0n) is 24.1. The van der Waals surface area contributed by atoms with Crippen LogP contribution in [0.4, 0.5) is 11.6 Å². The minimum absolute atomic E-state index is 0.0112. The molecule has 0 saturated heterocycles. The van der Waals surface area contributed by atoms with E-state index in [1.807, 2.05) is 55.5 Å². The van der Waals surface area contributed by atoms with E-state index in [9.17, 15) is 13.2 Å². The highest BCUT2D eigenvalue weighted by atomic mass is 32.2. The van der Waals surface area contributed by atoms with Crippen LogP contribution >= 0.6 is 11.8 Å². The van der Waals surface area contributed by atoms with Gasteiger partial charge in [-0.15, -0.1) is 0 Å². The molecule has 0 aliphatic carbocycles. The fourth-order valence-corrected chi connectivity index (χ4v) is 6.12. The number of carbonyl (C=O) groups excluding carboxylic acids is 1. The van der Waals surface area contributed by atoms with Gasteiger partial charge in [0.15, 0.2) is 5.16 Å². The monoisotopic (exact) mass is 630 g/mol. The van der Waals surface area contributed by atoms with Gasteiger partial charge < -0.3 is 19.8 Å². The lowest BCUT2D eigenvalue weighted by atomic mass is 10.0. The van der Waals surface area contributed by atoms with Crippen LogP contribution in [0.2, 0.25) is 0 Å². The number of benzene rings is 3. The van der Waals surface area contributed by atoms with Gasteiger partial charge in [0.1, 0.15) is 11.5 Å². The van der Waals surface area contributed by atoms with Crippen LogP contribution in [0.15, 0.2) is 101 Å². The van der Waals surface area contributed by atoms with Crippen molar-refractivity contribution in [2.24, 2.45) is 0 Å². The van der Waals surface area contributed by atoms with Crippen molar-refractivity contribution in [1.82, 2.24) is 19.9 Å². The van der Waals surface area contributed by atoms with Crippen LogP contribution < -0.4 is 19.5 Å². The summed E-state index contributed by atoms with van der Waals surface area (Å²) in [5, 5.41) is 2.99. The van der Waals surface area contributed by atoms with Gasteiger partial charge in [-0.3, -0.25) is 4.79 Å². The second-order valence-electron chi connectivity index (χ2n) is 9.43. The van der Waals surface area contributed by atoms with Gasteiger partial charge in [0, 0.05) is 29.2 Å². The van der Waals surface area contributed by atoms with Gasteiger partial charge in [0.05, 0.1) is 35.8 Å². The first kappa shape index (κ1) is 30.6. The second-order valence-corrected chi connectivity index (χ2v) is 12.3. The lowest BCUT2D eigenvalue weighted by Gasteiger charge is -2.14. The SMILES string of the molecule is CCC(Sc1nc(-c2ccc(OC)cc2)c(-c2ccc(OC)cc2)[nH]1)C(=O)Nc1ccc(S(=O)(=O)Nc2ncccn2)cc1. The van der Waals surface area contributed by atoms with E-state index in [2.05, 4.69) is 25.0 Å². The topological polar surface area (TPSA) is 148 Å². The van der Waals surface area contributed by atoms with Crippen molar-refractivity contribution in [2.45, 2.75) is 28.6 Å². The van der Waals surface area contributed by atoms with E-state index in [0.29, 0.717) is 17.3 Å². The summed E-state index contributed by atoms with van der Waals surface area (Å²) in [6.45, 7) is 1.92. The Bertz CT molecular complexity index is 1750. The van der Waals surface area contributed by atoms with Gasteiger partial charge in [0.2, 0.25) is 11.9 Å². The lowest BCUT2D eigenvalue weighted by Crippen LogP contribution is -2.24. The molecule has 0 spiro atoms. The number of aromatic amines is 1. The predicted molar refractivity (Wildman–Crippen MR) is 170 cm³/mol. The molecule has 2 aromatic heterocycles. The predicted octanol–water partition coefficient (Wildman–Crippen LogP) is 5.86. The summed E-state index contributed by atoms with van der Waals surface area (Å²) in [6.07, 6.45) is 3.41. The average molecular weight is 631 g/mol. The molecule has 1 atom stereocenters. The number of aromatic nitrogens is 4. The van der Waals surface area contributed by atoms with Crippen molar-refractivity contribution >= 4 is 39.3 Å². The third-order valence-electron chi connectivity index (χ3n) is 6.56. The standard InChI is InChI=1S/C31H30N6O5S2/c1-4-26(29(38)34-22-10-16-25(17-11-22)44(39,40)37-30-32-18-5-19-33-30)43-31-35-27(20-6-12-23(41-2)13-7-20)28(36-31)21-8-14-24(42-3)15-9-21/h5-19,26H,4H2,1-3H3,(H,34,38)(H,35,36)(H,32,33,37). The van der Waals surface area contributed by atoms with E-state index in [-0.39, 0.29) is 16.8 Å². The van der Waals surface area contributed by atoms with Crippen LogP contribution in [-0.4, -0.2) is 53.7 Å². The van der Waals surface area contributed by atoms with Gasteiger partial charge in [-0.05, 0) is 85.3 Å². The van der Waals surface area contributed by atoms with E-state index >= 15 is 0 Å². The van der Waals surface area contributed by atoms with Gasteiger partial charge in [-0.2, -0.15) is 0 Å². The second kappa shape index (κ2) is 13.6. The molecule has 3 aromatic carbocycles. The highest BCUT2D eigenvalue weighted by molar-refractivity contribution is 8.00. The molecule has 44 heavy (non-hydrogen) atoms. The van der Waals surface area contributed by atoms with E-state index in [1.54, 1.807) is 20.3 Å². The minimum atomic E-state index is -3.89. The third-order valence-corrected chi connectivity index (χ3v) is 9.16. The molecule has 0 aliphatic heterocycles. The largest absolute Gasteiger partial charge is 0.497 e. The first-order valence-electron chi connectivity index (χ1n) is 13.6. The van der Waals surface area contributed by atoms with Crippen molar-refractivity contribution in [3.05, 3.63) is 91.3 Å². The molecule has 1 unspecified atom stereocenters. The molecule has 0 aliphatic rings. The molecule has 0 bridgehead atoms. The molecule has 5 rings (SSSR count). The van der Waals surface area contributed by atoms with Gasteiger partial charge in [-0.25, -0.2) is 28.1 Å². The molecule has 13 heteroatoms. The summed E-state index contributed by atoms with van der Waals surface area (Å²) in [6, 6.07) is 22.7. The van der Waals surface area contributed by atoms with E-state index in [4.69, 9.17) is 14.5 Å². The number of rotatable bonds is 12. The number of imidazole rings is 1. The summed E-state index contributed by atoms with van der Waals surface area (Å²) >= 11 is 1.32. The van der Waals surface area contributed by atoms with E-state index in [0.717, 1.165) is 34.0 Å². The molecule has 0 fully saturated rings. The van der Waals surface area contributed by atoms with Crippen molar-refractivity contribution in [1.29, 1.82) is 0 Å². The summed E-state index contributed by atoms with van der Waals surface area (Å²) in [5.41, 5.74) is 3.81. The number of amides is 1. The molecule has 5 aromatic rings. The molecular weight excluding hydrogens is 601 g/mol. The summed E-state index contributed by atoms with van der Waals surface area (Å²) in [7, 11) is -0.658. The lowest BCUT2D eigenvalue weighted by molar-refractivity contribution is -0.115. The third kappa shape index (κ3) is 7.18. The molecular formula is C31H30N6O5S2. The Hall–Kier alpha value is -4.88. The van der Waals surface area contributed by atoms with Gasteiger partial charge in [-0.1, -0.05) is 18.7 Å². The first-order chi connectivity index (χ1) is 21.3. The number of nitrogens with zero attached hydrogens (tertiary/aromatic N) is 3. The van der Waals surface area contributed by atoms with Crippen molar-refractivity contribution in [2.75, 3.05) is 24.3 Å². The number of thioether (sulfide) groups is 1.